The second kappa shape index (κ2) is 5.42. The number of allylic oxidation sites excluding steroid dienone is 1. The van der Waals surface area contributed by atoms with Crippen LogP contribution >= 0.6 is 11.8 Å². The van der Waals surface area contributed by atoms with Crippen molar-refractivity contribution in [2.75, 3.05) is 0 Å². The molecule has 5 nitrogen and oxygen atoms in total. The second-order valence-electron chi connectivity index (χ2n) is 5.06. The smallest absolute Gasteiger partial charge is 0.393 e. The number of hydrogen-bond acceptors (Lipinski definition) is 5. The molecule has 1 unspecified atom stereocenters. The molecule has 0 saturated heterocycles. The van der Waals surface area contributed by atoms with Crippen molar-refractivity contribution in [3.05, 3.63) is 22.7 Å². The van der Waals surface area contributed by atoms with Crippen LogP contribution in [-0.2, 0) is 4.79 Å². The summed E-state index contributed by atoms with van der Waals surface area (Å²) in [5.74, 6) is -0.333. The van der Waals surface area contributed by atoms with Crippen LogP contribution in [0.25, 0.3) is 0 Å². The number of ether oxygens (including phenoxy) is 2. The van der Waals surface area contributed by atoms with Crippen molar-refractivity contribution in [3.8, 4) is 11.6 Å². The number of rotatable bonds is 2. The third-order valence-electron chi connectivity index (χ3n) is 3.37. The Morgan fingerprint density at radius 1 is 1.55 bits per heavy atom. The molecule has 1 atom stereocenters. The van der Waals surface area contributed by atoms with Crippen LogP contribution in [0.1, 0.15) is 38.2 Å². The van der Waals surface area contributed by atoms with Gasteiger partial charge < -0.3 is 14.8 Å². The summed E-state index contributed by atoms with van der Waals surface area (Å²) in [6, 6.07) is 1.54. The zero-order chi connectivity index (χ0) is 15.9. The Kier molecular flexibility index (Phi) is 3.72. The van der Waals surface area contributed by atoms with Crippen LogP contribution in [0, 0.1) is 0 Å². The Hall–Kier alpha value is -1.83. The van der Waals surface area contributed by atoms with E-state index in [0.29, 0.717) is 22.9 Å². The van der Waals surface area contributed by atoms with Crippen LogP contribution in [0.3, 0.4) is 0 Å². The van der Waals surface area contributed by atoms with Gasteiger partial charge in [-0.2, -0.15) is 0 Å². The van der Waals surface area contributed by atoms with Crippen molar-refractivity contribution >= 4 is 17.7 Å². The number of halogens is 2. The Bertz CT molecular complexity index is 664. The summed E-state index contributed by atoms with van der Waals surface area (Å²) in [6.07, 6.45) is -0.748. The molecule has 1 amide bonds. The zero-order valence-electron chi connectivity index (χ0n) is 12.0. The summed E-state index contributed by atoms with van der Waals surface area (Å²) < 4.78 is 35.1. The molecule has 0 aliphatic carbocycles. The van der Waals surface area contributed by atoms with E-state index in [1.165, 1.54) is 17.8 Å². The number of carbonyl (C=O) groups excluding carboxylic acids is 1. The summed E-state index contributed by atoms with van der Waals surface area (Å²) in [6.45, 7) is 3.72. The summed E-state index contributed by atoms with van der Waals surface area (Å²) in [4.78, 5) is 15.7. The Morgan fingerprint density at radius 2 is 2.32 bits per heavy atom. The fourth-order valence-corrected chi connectivity index (χ4v) is 3.24. The lowest BCUT2D eigenvalue weighted by Gasteiger charge is -2.11. The van der Waals surface area contributed by atoms with Crippen molar-refractivity contribution < 1.29 is 23.0 Å². The largest absolute Gasteiger partial charge is 0.587 e. The van der Waals surface area contributed by atoms with Crippen molar-refractivity contribution in [1.82, 2.24) is 10.3 Å². The van der Waals surface area contributed by atoms with Gasteiger partial charge >= 0.3 is 6.29 Å². The van der Waals surface area contributed by atoms with Gasteiger partial charge in [0.2, 0.25) is 5.91 Å². The second-order valence-corrected chi connectivity index (χ2v) is 6.09. The van der Waals surface area contributed by atoms with E-state index in [4.69, 9.17) is 0 Å². The minimum atomic E-state index is -3.68. The molecule has 0 aromatic carbocycles. The minimum Gasteiger partial charge on any atom is -0.393 e. The van der Waals surface area contributed by atoms with Crippen LogP contribution in [0.2, 0.25) is 0 Å². The standard InChI is InChI=1S/C14H14F2N2O3S/c1-3-10(19)17-11-5-4-7(2)8-6-9-12(18-13(8)22-11)21-14(15,16)20-9/h5-7H,3-4H2,1-2H3,(H,17,19). The molecule has 0 fully saturated rings. The summed E-state index contributed by atoms with van der Waals surface area (Å²) in [7, 11) is 0. The first-order valence-corrected chi connectivity index (χ1v) is 7.68. The molecule has 3 heterocycles. The third-order valence-corrected chi connectivity index (χ3v) is 4.38. The number of hydrogen-bond donors (Lipinski definition) is 1. The van der Waals surface area contributed by atoms with E-state index in [0.717, 1.165) is 5.56 Å². The van der Waals surface area contributed by atoms with E-state index in [-0.39, 0.29) is 23.5 Å². The van der Waals surface area contributed by atoms with Crippen LogP contribution in [-0.4, -0.2) is 17.2 Å². The fraction of sp³-hybridized carbons (Fsp3) is 0.429. The van der Waals surface area contributed by atoms with Crippen molar-refractivity contribution in [2.45, 2.75) is 43.9 Å². The van der Waals surface area contributed by atoms with E-state index in [1.54, 1.807) is 6.92 Å². The maximum atomic E-state index is 13.1. The van der Waals surface area contributed by atoms with Crippen molar-refractivity contribution in [2.24, 2.45) is 0 Å². The van der Waals surface area contributed by atoms with Gasteiger partial charge in [-0.3, -0.25) is 4.79 Å². The summed E-state index contributed by atoms with van der Waals surface area (Å²) in [5, 5.41) is 3.96. The van der Waals surface area contributed by atoms with Crippen molar-refractivity contribution in [1.29, 1.82) is 0 Å². The van der Waals surface area contributed by atoms with Gasteiger partial charge in [-0.1, -0.05) is 31.7 Å². The molecule has 118 valence electrons. The van der Waals surface area contributed by atoms with Gasteiger partial charge in [0.15, 0.2) is 5.75 Å². The molecule has 2 aliphatic rings. The Labute approximate surface area is 130 Å². The molecule has 1 N–H and O–H groups in total. The number of thioether (sulfide) groups is 1. The normalized spacial score (nSPS) is 21.6. The number of carbonyl (C=O) groups is 1. The van der Waals surface area contributed by atoms with E-state index >= 15 is 0 Å². The number of nitrogens with one attached hydrogen (secondary N) is 1. The SMILES string of the molecule is CCC(=O)NC1=CCC(C)c2cc3c(nc2S1)OC(F)(F)O3. The van der Waals surface area contributed by atoms with Gasteiger partial charge in [-0.15, -0.1) is 8.78 Å². The predicted octanol–water partition coefficient (Wildman–Crippen LogP) is 3.37. The molecule has 0 bridgehead atoms. The van der Waals surface area contributed by atoms with E-state index < -0.39 is 6.29 Å². The number of nitrogens with zero attached hydrogens (tertiary/aromatic N) is 1. The Morgan fingerprint density at radius 3 is 3.05 bits per heavy atom. The lowest BCUT2D eigenvalue weighted by atomic mass is 9.99. The van der Waals surface area contributed by atoms with Gasteiger partial charge in [0.1, 0.15) is 5.03 Å². The van der Waals surface area contributed by atoms with Crippen molar-refractivity contribution in [3.63, 3.8) is 0 Å². The lowest BCUT2D eigenvalue weighted by molar-refractivity contribution is -0.287. The lowest BCUT2D eigenvalue weighted by Crippen LogP contribution is -2.26. The van der Waals surface area contributed by atoms with Crippen LogP contribution < -0.4 is 14.8 Å². The molecule has 22 heavy (non-hydrogen) atoms. The van der Waals surface area contributed by atoms with Gasteiger partial charge in [0, 0.05) is 6.42 Å². The molecular weight excluding hydrogens is 314 g/mol. The summed E-state index contributed by atoms with van der Waals surface area (Å²) in [5.41, 5.74) is 0.794. The average molecular weight is 328 g/mol. The first-order chi connectivity index (χ1) is 10.4. The van der Waals surface area contributed by atoms with Gasteiger partial charge in [0.25, 0.3) is 5.88 Å². The molecule has 2 aliphatic heterocycles. The topological polar surface area (TPSA) is 60.5 Å². The molecule has 0 spiro atoms. The van der Waals surface area contributed by atoms with Gasteiger partial charge in [-0.25, -0.2) is 4.98 Å². The number of aromatic nitrogens is 1. The van der Waals surface area contributed by atoms with Crippen LogP contribution in [0.15, 0.2) is 22.2 Å². The van der Waals surface area contributed by atoms with Gasteiger partial charge in [-0.05, 0) is 24.0 Å². The highest BCUT2D eigenvalue weighted by Crippen LogP contribution is 2.46. The molecule has 3 rings (SSSR count). The number of alkyl halides is 2. The summed E-state index contributed by atoms with van der Waals surface area (Å²) >= 11 is 1.23. The Balaban J connectivity index is 1.92. The van der Waals surface area contributed by atoms with Gasteiger partial charge in [0.05, 0.1) is 5.03 Å². The zero-order valence-corrected chi connectivity index (χ0v) is 12.8. The molecule has 0 radical (unpaired) electrons. The van der Waals surface area contributed by atoms with Crippen LogP contribution in [0.5, 0.6) is 11.6 Å². The van der Waals surface area contributed by atoms with E-state index in [2.05, 4.69) is 19.8 Å². The predicted molar refractivity (Wildman–Crippen MR) is 75.8 cm³/mol. The minimum absolute atomic E-state index is 0.0581. The molecule has 0 saturated carbocycles. The fourth-order valence-electron chi connectivity index (χ4n) is 2.18. The van der Waals surface area contributed by atoms with Crippen LogP contribution in [0.4, 0.5) is 8.78 Å². The van der Waals surface area contributed by atoms with E-state index in [9.17, 15) is 13.6 Å². The molecule has 8 heteroatoms. The third kappa shape index (κ3) is 2.87. The highest BCUT2D eigenvalue weighted by atomic mass is 32.2. The number of fused-ring (bicyclic) bond motifs is 2. The first kappa shape index (κ1) is 15.1. The number of pyridine rings is 1. The highest BCUT2D eigenvalue weighted by Gasteiger charge is 2.45. The monoisotopic (exact) mass is 328 g/mol. The molecule has 1 aromatic rings. The first-order valence-electron chi connectivity index (χ1n) is 6.86. The highest BCUT2D eigenvalue weighted by molar-refractivity contribution is 8.03. The molecular formula is C14H14F2N2O3S. The quantitative estimate of drug-likeness (QED) is 0.902. The average Bonchev–Trinajstić information content (AvgIpc) is 2.67. The molecule has 1 aromatic heterocycles. The van der Waals surface area contributed by atoms with E-state index in [1.807, 2.05) is 13.0 Å². The number of amides is 1. The maximum Gasteiger partial charge on any atom is 0.587 e. The maximum absolute atomic E-state index is 13.1.